The Balaban J connectivity index is 3.26. The lowest BCUT2D eigenvalue weighted by atomic mass is 10.2. The zero-order valence-corrected chi connectivity index (χ0v) is 11.8. The molecule has 9 heteroatoms. The minimum Gasteiger partial charge on any atom is -0.480 e. The number of rotatable bonds is 14. The highest BCUT2D eigenvalue weighted by molar-refractivity contribution is 6.37. The van der Waals surface area contributed by atoms with E-state index in [0.29, 0.717) is 39.1 Å². The summed E-state index contributed by atoms with van der Waals surface area (Å²) in [5, 5.41) is 19.1. The van der Waals surface area contributed by atoms with E-state index in [4.69, 9.17) is 5.11 Å². The first kappa shape index (κ1) is 19.2. The average molecular weight is 302 g/mol. The maximum Gasteiger partial charge on any atom is 0.317 e. The van der Waals surface area contributed by atoms with Crippen LogP contribution in [-0.4, -0.2) is 68.4 Å². The lowest BCUT2D eigenvalue weighted by Gasteiger charge is -2.06. The fraction of sp³-hybridized carbons (Fsp3) is 0.667. The predicted octanol–water partition coefficient (Wildman–Crippen LogP) is -2.54. The van der Waals surface area contributed by atoms with E-state index in [1.54, 1.807) is 5.32 Å². The molecule has 9 nitrogen and oxygen atoms in total. The molecule has 0 saturated carbocycles. The minimum atomic E-state index is -0.881. The van der Waals surface area contributed by atoms with E-state index in [1.165, 1.54) is 0 Å². The van der Waals surface area contributed by atoms with Crippen molar-refractivity contribution in [2.75, 3.05) is 39.3 Å². The van der Waals surface area contributed by atoms with Gasteiger partial charge in [0.05, 0.1) is 6.54 Å². The zero-order chi connectivity index (χ0) is 15.9. The number of carbonyl (C=O) groups is 4. The number of carboxylic acids is 1. The molecule has 0 bridgehead atoms. The van der Waals surface area contributed by atoms with E-state index in [2.05, 4.69) is 16.0 Å². The van der Waals surface area contributed by atoms with Gasteiger partial charge in [-0.2, -0.15) is 0 Å². The largest absolute Gasteiger partial charge is 0.480 e. The number of amides is 2. The molecule has 21 heavy (non-hydrogen) atoms. The van der Waals surface area contributed by atoms with Crippen molar-refractivity contribution in [1.82, 2.24) is 21.3 Å². The lowest BCUT2D eigenvalue weighted by molar-refractivity contribution is -0.139. The SMILES string of the molecule is O=CNC(=O)C(=O)CCCNCCNCCNCC(=O)O. The van der Waals surface area contributed by atoms with Gasteiger partial charge >= 0.3 is 5.97 Å². The standard InChI is InChI=1S/C12H22N4O5/c17-9-16-12(21)10(18)2-1-3-13-4-5-14-6-7-15-8-11(19)20/h9,13-15H,1-8H2,(H,19,20)(H,16,17,21). The van der Waals surface area contributed by atoms with Gasteiger partial charge in [-0.15, -0.1) is 0 Å². The molecule has 0 heterocycles. The summed E-state index contributed by atoms with van der Waals surface area (Å²) in [5.74, 6) is -2.36. The Kier molecular flexibility index (Phi) is 12.0. The van der Waals surface area contributed by atoms with Crippen LogP contribution in [0, 0.1) is 0 Å². The first-order valence-corrected chi connectivity index (χ1v) is 6.69. The fourth-order valence-electron chi connectivity index (χ4n) is 1.42. The number of hydrogen-bond donors (Lipinski definition) is 5. The number of nitrogens with one attached hydrogen (secondary N) is 4. The van der Waals surface area contributed by atoms with Gasteiger partial charge in [0.15, 0.2) is 0 Å². The summed E-state index contributed by atoms with van der Waals surface area (Å²) < 4.78 is 0. The fourth-order valence-corrected chi connectivity index (χ4v) is 1.42. The predicted molar refractivity (Wildman–Crippen MR) is 74.7 cm³/mol. The first-order valence-electron chi connectivity index (χ1n) is 6.69. The molecule has 0 atom stereocenters. The molecule has 0 aromatic heterocycles. The van der Waals surface area contributed by atoms with Gasteiger partial charge in [0, 0.05) is 32.6 Å². The summed E-state index contributed by atoms with van der Waals surface area (Å²) in [4.78, 5) is 42.2. The maximum atomic E-state index is 11.2. The van der Waals surface area contributed by atoms with E-state index in [9.17, 15) is 19.2 Å². The molecule has 0 unspecified atom stereocenters. The van der Waals surface area contributed by atoms with Crippen LogP contribution in [0.25, 0.3) is 0 Å². The van der Waals surface area contributed by atoms with Crippen molar-refractivity contribution in [1.29, 1.82) is 0 Å². The zero-order valence-electron chi connectivity index (χ0n) is 11.8. The van der Waals surface area contributed by atoms with Crippen LogP contribution in [0.4, 0.5) is 0 Å². The highest BCUT2D eigenvalue weighted by Gasteiger charge is 2.11. The Bertz CT molecular complexity index is 349. The van der Waals surface area contributed by atoms with E-state index in [-0.39, 0.29) is 19.4 Å². The summed E-state index contributed by atoms with van der Waals surface area (Å²) in [6.07, 6.45) is 0.806. The van der Waals surface area contributed by atoms with Gasteiger partial charge in [-0.05, 0) is 13.0 Å². The lowest BCUT2D eigenvalue weighted by Crippen LogP contribution is -2.34. The smallest absolute Gasteiger partial charge is 0.317 e. The molecule has 0 spiro atoms. The van der Waals surface area contributed by atoms with Gasteiger partial charge in [0.25, 0.3) is 5.91 Å². The minimum absolute atomic E-state index is 0.0500. The molecule has 0 aliphatic carbocycles. The van der Waals surface area contributed by atoms with Crippen molar-refractivity contribution in [3.63, 3.8) is 0 Å². The number of carboxylic acid groups (broad SMARTS) is 1. The summed E-state index contributed by atoms with van der Waals surface area (Å²) in [7, 11) is 0. The second-order valence-electron chi connectivity index (χ2n) is 4.19. The highest BCUT2D eigenvalue weighted by Crippen LogP contribution is 1.89. The summed E-state index contributed by atoms with van der Waals surface area (Å²) in [6.45, 7) is 3.21. The Morgan fingerprint density at radius 2 is 1.48 bits per heavy atom. The van der Waals surface area contributed by atoms with Gasteiger partial charge in [-0.25, -0.2) is 0 Å². The van der Waals surface area contributed by atoms with E-state index < -0.39 is 17.7 Å². The van der Waals surface area contributed by atoms with Gasteiger partial charge in [-0.3, -0.25) is 24.5 Å². The molecule has 0 saturated heterocycles. The van der Waals surface area contributed by atoms with Crippen molar-refractivity contribution >= 4 is 24.1 Å². The van der Waals surface area contributed by atoms with Crippen LogP contribution in [0.5, 0.6) is 0 Å². The summed E-state index contributed by atoms with van der Waals surface area (Å²) in [6, 6.07) is 0. The van der Waals surface area contributed by atoms with E-state index in [0.717, 1.165) is 0 Å². The third-order valence-corrected chi connectivity index (χ3v) is 2.43. The molecule has 5 N–H and O–H groups in total. The van der Waals surface area contributed by atoms with Crippen molar-refractivity contribution in [2.45, 2.75) is 12.8 Å². The quantitative estimate of drug-likeness (QED) is 0.134. The highest BCUT2D eigenvalue weighted by atomic mass is 16.4. The Labute approximate surface area is 122 Å². The van der Waals surface area contributed by atoms with Crippen LogP contribution in [0.2, 0.25) is 0 Å². The van der Waals surface area contributed by atoms with Gasteiger partial charge in [-0.1, -0.05) is 0 Å². The first-order chi connectivity index (χ1) is 10.1. The van der Waals surface area contributed by atoms with Crippen LogP contribution in [0.1, 0.15) is 12.8 Å². The van der Waals surface area contributed by atoms with Crippen LogP contribution in [0.15, 0.2) is 0 Å². The third-order valence-electron chi connectivity index (χ3n) is 2.43. The molecule has 0 aliphatic rings. The number of hydrogen-bond acceptors (Lipinski definition) is 7. The molecular formula is C12H22N4O5. The average Bonchev–Trinajstić information content (AvgIpc) is 2.44. The molecule has 2 amide bonds. The molecule has 0 aromatic rings. The van der Waals surface area contributed by atoms with E-state index in [1.807, 2.05) is 0 Å². The topological polar surface area (TPSA) is 137 Å². The molecule has 0 radical (unpaired) electrons. The van der Waals surface area contributed by atoms with Gasteiger partial charge in [0.1, 0.15) is 0 Å². The van der Waals surface area contributed by atoms with Crippen LogP contribution in [-0.2, 0) is 19.2 Å². The Hall–Kier alpha value is -1.84. The van der Waals surface area contributed by atoms with Crippen molar-refractivity contribution < 1.29 is 24.3 Å². The number of imide groups is 1. The molecule has 120 valence electrons. The Morgan fingerprint density at radius 1 is 0.905 bits per heavy atom. The monoisotopic (exact) mass is 302 g/mol. The molecule has 0 rings (SSSR count). The van der Waals surface area contributed by atoms with Crippen LogP contribution < -0.4 is 21.3 Å². The molecule has 0 aromatic carbocycles. The van der Waals surface area contributed by atoms with Gasteiger partial charge in [0.2, 0.25) is 12.2 Å². The Morgan fingerprint density at radius 3 is 2.05 bits per heavy atom. The maximum absolute atomic E-state index is 11.2. The molecule has 0 aliphatic heterocycles. The normalized spacial score (nSPS) is 10.1. The van der Waals surface area contributed by atoms with Crippen molar-refractivity contribution in [3.05, 3.63) is 0 Å². The number of carbonyl (C=O) groups excluding carboxylic acids is 3. The number of ketones is 1. The van der Waals surface area contributed by atoms with Crippen LogP contribution in [0.3, 0.4) is 0 Å². The number of Topliss-reactive ketones (excluding diaryl/α,β-unsaturated/α-hetero) is 1. The molecule has 0 fully saturated rings. The van der Waals surface area contributed by atoms with E-state index >= 15 is 0 Å². The third kappa shape index (κ3) is 12.9. The second-order valence-corrected chi connectivity index (χ2v) is 4.19. The second kappa shape index (κ2) is 13.2. The van der Waals surface area contributed by atoms with Gasteiger partial charge < -0.3 is 21.1 Å². The van der Waals surface area contributed by atoms with Crippen molar-refractivity contribution in [3.8, 4) is 0 Å². The summed E-state index contributed by atoms with van der Waals surface area (Å²) >= 11 is 0. The summed E-state index contributed by atoms with van der Waals surface area (Å²) in [5.41, 5.74) is 0. The molecular weight excluding hydrogens is 280 g/mol. The number of aliphatic carboxylic acids is 1. The van der Waals surface area contributed by atoms with Crippen LogP contribution >= 0.6 is 0 Å². The van der Waals surface area contributed by atoms with Crippen molar-refractivity contribution in [2.24, 2.45) is 0 Å².